The topological polar surface area (TPSA) is 38.8 Å². The fourth-order valence-corrected chi connectivity index (χ4v) is 3.42. The molecule has 0 aromatic heterocycles. The van der Waals surface area contributed by atoms with E-state index in [2.05, 4.69) is 20.8 Å². The summed E-state index contributed by atoms with van der Waals surface area (Å²) in [7, 11) is -2.11. The molecule has 25 heavy (non-hydrogen) atoms. The quantitative estimate of drug-likeness (QED) is 0.629. The summed E-state index contributed by atoms with van der Waals surface area (Å²) in [6.07, 6.45) is -5.17. The fraction of sp³-hybridized carbons (Fsp3) is 0.941. The molecule has 0 spiro atoms. The lowest BCUT2D eigenvalue weighted by Crippen LogP contribution is -2.46. The summed E-state index contributed by atoms with van der Waals surface area (Å²) in [5.41, 5.74) is -0.752. The lowest BCUT2D eigenvalue weighted by Gasteiger charge is -2.38. The van der Waals surface area contributed by atoms with Crippen LogP contribution in [-0.4, -0.2) is 50.3 Å². The van der Waals surface area contributed by atoms with E-state index < -0.39 is 38.1 Å². The van der Waals surface area contributed by atoms with Crippen molar-refractivity contribution in [2.75, 3.05) is 13.2 Å². The molecule has 1 aliphatic rings. The second kappa shape index (κ2) is 7.10. The van der Waals surface area contributed by atoms with E-state index in [1.807, 2.05) is 13.1 Å². The molecule has 1 rings (SSSR count). The van der Waals surface area contributed by atoms with Gasteiger partial charge in [-0.05, 0) is 45.3 Å². The zero-order valence-electron chi connectivity index (χ0n) is 16.6. The molecule has 0 unspecified atom stereocenters. The maximum Gasteiger partial charge on any atom is 0.410 e. The normalized spacial score (nSPS) is 23.1. The van der Waals surface area contributed by atoms with Gasteiger partial charge in [-0.2, -0.15) is 13.2 Å². The summed E-state index contributed by atoms with van der Waals surface area (Å²) in [6.45, 7) is 15.1. The van der Waals surface area contributed by atoms with E-state index in [1.165, 1.54) is 4.90 Å². The Hall–Kier alpha value is -0.763. The van der Waals surface area contributed by atoms with Gasteiger partial charge < -0.3 is 14.1 Å². The van der Waals surface area contributed by atoms with Crippen molar-refractivity contribution in [3.63, 3.8) is 0 Å². The van der Waals surface area contributed by atoms with Crippen LogP contribution in [0, 0.1) is 5.92 Å². The highest BCUT2D eigenvalue weighted by Crippen LogP contribution is 2.40. The number of carbonyl (C=O) groups excluding carboxylic acids is 1. The standard InChI is InChI=1S/C17H32F3NO3Si/c1-15(2,3)24-14(22)21-10-12(17(18,19)20)9-13(21)11-23-25(7,8)16(4,5)6/h12-13H,9-11H2,1-8H3/t12-,13+/m0/s1. The lowest BCUT2D eigenvalue weighted by molar-refractivity contribution is -0.170. The van der Waals surface area contributed by atoms with Crippen LogP contribution in [0.25, 0.3) is 0 Å². The predicted octanol–water partition coefficient (Wildman–Crippen LogP) is 5.20. The number of rotatable bonds is 3. The average molecular weight is 384 g/mol. The zero-order valence-corrected chi connectivity index (χ0v) is 17.6. The van der Waals surface area contributed by atoms with Crippen molar-refractivity contribution in [1.29, 1.82) is 0 Å². The van der Waals surface area contributed by atoms with E-state index in [1.54, 1.807) is 20.8 Å². The number of amides is 1. The second-order valence-corrected chi connectivity index (χ2v) is 14.1. The van der Waals surface area contributed by atoms with E-state index in [-0.39, 0.29) is 24.6 Å². The van der Waals surface area contributed by atoms with Crippen LogP contribution in [0.5, 0.6) is 0 Å². The third-order valence-electron chi connectivity index (χ3n) is 4.95. The smallest absolute Gasteiger partial charge is 0.410 e. The molecule has 1 amide bonds. The van der Waals surface area contributed by atoms with Gasteiger partial charge in [0.15, 0.2) is 8.32 Å². The van der Waals surface area contributed by atoms with Crippen LogP contribution in [0.4, 0.5) is 18.0 Å². The first-order valence-electron chi connectivity index (χ1n) is 8.64. The SMILES string of the molecule is CC(C)(C)OC(=O)N1C[C@@H](C(F)(F)F)C[C@@H]1CO[Si](C)(C)C(C)(C)C. The third-order valence-corrected chi connectivity index (χ3v) is 9.45. The van der Waals surface area contributed by atoms with Crippen molar-refractivity contribution in [2.24, 2.45) is 5.92 Å². The molecule has 1 heterocycles. The molecule has 0 aromatic carbocycles. The lowest BCUT2D eigenvalue weighted by atomic mass is 10.1. The van der Waals surface area contributed by atoms with Gasteiger partial charge in [-0.3, -0.25) is 0 Å². The van der Waals surface area contributed by atoms with Crippen LogP contribution < -0.4 is 0 Å². The molecular weight excluding hydrogens is 351 g/mol. The van der Waals surface area contributed by atoms with Crippen molar-refractivity contribution in [3.05, 3.63) is 0 Å². The van der Waals surface area contributed by atoms with Crippen LogP contribution in [0.15, 0.2) is 0 Å². The molecule has 1 fully saturated rings. The molecule has 148 valence electrons. The molecule has 0 radical (unpaired) electrons. The van der Waals surface area contributed by atoms with E-state index >= 15 is 0 Å². The monoisotopic (exact) mass is 383 g/mol. The molecule has 1 saturated heterocycles. The van der Waals surface area contributed by atoms with Gasteiger partial charge in [0.25, 0.3) is 0 Å². The molecule has 2 atom stereocenters. The van der Waals surface area contributed by atoms with E-state index in [4.69, 9.17) is 9.16 Å². The zero-order chi connectivity index (χ0) is 19.8. The summed E-state index contributed by atoms with van der Waals surface area (Å²) in [5, 5.41) is -0.0498. The van der Waals surface area contributed by atoms with Crippen molar-refractivity contribution in [2.45, 2.75) is 83.9 Å². The molecular formula is C17H32F3NO3Si. The van der Waals surface area contributed by atoms with Gasteiger partial charge in [0.1, 0.15) is 5.60 Å². The number of ether oxygens (including phenoxy) is 1. The van der Waals surface area contributed by atoms with E-state index in [0.29, 0.717) is 0 Å². The summed E-state index contributed by atoms with van der Waals surface area (Å²) in [4.78, 5) is 13.5. The minimum absolute atomic E-state index is 0.0498. The van der Waals surface area contributed by atoms with Gasteiger partial charge in [0.2, 0.25) is 0 Å². The average Bonchev–Trinajstić information content (AvgIpc) is 2.76. The van der Waals surface area contributed by atoms with Crippen LogP contribution in [0.3, 0.4) is 0 Å². The molecule has 0 N–H and O–H groups in total. The molecule has 1 aliphatic heterocycles. The van der Waals surface area contributed by atoms with Crippen molar-refractivity contribution >= 4 is 14.4 Å². The van der Waals surface area contributed by atoms with Crippen molar-refractivity contribution < 1.29 is 27.1 Å². The van der Waals surface area contributed by atoms with E-state index in [9.17, 15) is 18.0 Å². The van der Waals surface area contributed by atoms with Crippen LogP contribution >= 0.6 is 0 Å². The number of likely N-dealkylation sites (tertiary alicyclic amines) is 1. The molecule has 0 aliphatic carbocycles. The van der Waals surface area contributed by atoms with Gasteiger partial charge in [-0.15, -0.1) is 0 Å². The first kappa shape index (κ1) is 22.3. The summed E-state index contributed by atoms with van der Waals surface area (Å²) < 4.78 is 50.8. The first-order chi connectivity index (χ1) is 10.9. The maximum absolute atomic E-state index is 13.2. The summed E-state index contributed by atoms with van der Waals surface area (Å²) in [5.74, 6) is -1.53. The number of alkyl halides is 3. The van der Waals surface area contributed by atoms with Gasteiger partial charge in [-0.25, -0.2) is 4.79 Å². The number of carbonyl (C=O) groups is 1. The van der Waals surface area contributed by atoms with Gasteiger partial charge >= 0.3 is 12.3 Å². The Morgan fingerprint density at radius 3 is 2.04 bits per heavy atom. The number of nitrogens with zero attached hydrogens (tertiary/aromatic N) is 1. The highest BCUT2D eigenvalue weighted by molar-refractivity contribution is 6.74. The number of halogens is 3. The van der Waals surface area contributed by atoms with Crippen LogP contribution in [0.1, 0.15) is 48.0 Å². The van der Waals surface area contributed by atoms with Crippen molar-refractivity contribution in [3.8, 4) is 0 Å². The highest BCUT2D eigenvalue weighted by atomic mass is 28.4. The molecule has 0 bridgehead atoms. The van der Waals surface area contributed by atoms with Crippen LogP contribution in [-0.2, 0) is 9.16 Å². The van der Waals surface area contributed by atoms with Crippen molar-refractivity contribution in [1.82, 2.24) is 4.90 Å². The predicted molar refractivity (Wildman–Crippen MR) is 94.0 cm³/mol. The Labute approximate surface area is 150 Å². The van der Waals surface area contributed by atoms with Gasteiger partial charge in [0, 0.05) is 6.54 Å². The van der Waals surface area contributed by atoms with E-state index in [0.717, 1.165) is 0 Å². The molecule has 8 heteroatoms. The Kier molecular flexibility index (Phi) is 6.32. The molecule has 0 saturated carbocycles. The van der Waals surface area contributed by atoms with Gasteiger partial charge in [0.05, 0.1) is 18.6 Å². The Morgan fingerprint density at radius 1 is 1.12 bits per heavy atom. The van der Waals surface area contributed by atoms with Crippen LogP contribution in [0.2, 0.25) is 18.1 Å². The third kappa shape index (κ3) is 6.16. The summed E-state index contributed by atoms with van der Waals surface area (Å²) >= 11 is 0. The van der Waals surface area contributed by atoms with Gasteiger partial charge in [-0.1, -0.05) is 20.8 Å². The summed E-state index contributed by atoms with van der Waals surface area (Å²) in [6, 6.07) is -0.615. The minimum atomic E-state index is -4.33. The highest BCUT2D eigenvalue weighted by Gasteiger charge is 2.50. The Balaban J connectivity index is 2.90. The second-order valence-electron chi connectivity index (χ2n) is 9.33. The number of hydrogen-bond acceptors (Lipinski definition) is 3. The Bertz CT molecular complexity index is 481. The largest absolute Gasteiger partial charge is 0.444 e. The minimum Gasteiger partial charge on any atom is -0.444 e. The maximum atomic E-state index is 13.2. The molecule has 4 nitrogen and oxygen atoms in total. The molecule has 0 aromatic rings. The Morgan fingerprint density at radius 2 is 1.64 bits per heavy atom. The first-order valence-corrected chi connectivity index (χ1v) is 11.6. The fourth-order valence-electron chi connectivity index (χ4n) is 2.38. The number of hydrogen-bond donors (Lipinski definition) is 0.